The molecular formula is C13H24N2O2. The summed E-state index contributed by atoms with van der Waals surface area (Å²) >= 11 is 0. The van der Waals surface area contributed by atoms with Gasteiger partial charge in [-0.15, -0.1) is 0 Å². The van der Waals surface area contributed by atoms with Gasteiger partial charge in [0.2, 0.25) is 0 Å². The summed E-state index contributed by atoms with van der Waals surface area (Å²) in [5, 5.41) is 3.46. The summed E-state index contributed by atoms with van der Waals surface area (Å²) in [4.78, 5) is 15.7. The quantitative estimate of drug-likeness (QED) is 0.589. The van der Waals surface area contributed by atoms with Crippen LogP contribution in [0.25, 0.3) is 0 Å². The minimum absolute atomic E-state index is 0.170. The summed E-state index contributed by atoms with van der Waals surface area (Å²) in [6.07, 6.45) is 3.27. The molecule has 0 bridgehead atoms. The first-order valence-corrected chi connectivity index (χ1v) is 6.59. The van der Waals surface area contributed by atoms with E-state index in [0.29, 0.717) is 18.6 Å². The predicted molar refractivity (Wildman–Crippen MR) is 69.4 cm³/mol. The van der Waals surface area contributed by atoms with E-state index in [9.17, 15) is 4.79 Å². The van der Waals surface area contributed by atoms with Gasteiger partial charge in [0.15, 0.2) is 0 Å². The second kappa shape index (κ2) is 7.43. The van der Waals surface area contributed by atoms with Gasteiger partial charge in [-0.25, -0.2) is 0 Å². The number of hydrogen-bond donors (Lipinski definition) is 1. The lowest BCUT2D eigenvalue weighted by Crippen LogP contribution is -2.40. The topological polar surface area (TPSA) is 50.7 Å². The maximum Gasteiger partial charge on any atom is 0.327 e. The number of carbonyl (C=O) groups excluding carboxylic acids is 1. The van der Waals surface area contributed by atoms with Gasteiger partial charge in [-0.05, 0) is 33.1 Å². The maximum absolute atomic E-state index is 11.3. The molecule has 98 valence electrons. The third-order valence-corrected chi connectivity index (χ3v) is 3.21. The van der Waals surface area contributed by atoms with Crippen molar-refractivity contribution in [2.45, 2.75) is 46.1 Å². The highest BCUT2D eigenvalue weighted by molar-refractivity contribution is 5.88. The number of hydrogen-bond acceptors (Lipinski definition) is 4. The molecule has 0 radical (unpaired) electrons. The number of piperidine rings is 1. The van der Waals surface area contributed by atoms with Gasteiger partial charge in [0.05, 0.1) is 6.61 Å². The molecule has 1 rings (SSSR count). The molecule has 1 aliphatic heterocycles. The lowest BCUT2D eigenvalue weighted by molar-refractivity contribution is -0.141. The lowest BCUT2D eigenvalue weighted by Gasteiger charge is -2.28. The van der Waals surface area contributed by atoms with E-state index in [4.69, 9.17) is 4.74 Å². The number of ether oxygens (including phenoxy) is 1. The molecule has 0 aromatic heterocycles. The van der Waals surface area contributed by atoms with E-state index >= 15 is 0 Å². The summed E-state index contributed by atoms with van der Waals surface area (Å²) in [5.41, 5.74) is 1.15. The Morgan fingerprint density at radius 2 is 2.18 bits per heavy atom. The monoisotopic (exact) mass is 240 g/mol. The Morgan fingerprint density at radius 1 is 1.41 bits per heavy atom. The second-order valence-electron chi connectivity index (χ2n) is 4.55. The van der Waals surface area contributed by atoms with E-state index in [2.05, 4.69) is 24.2 Å². The van der Waals surface area contributed by atoms with Gasteiger partial charge >= 0.3 is 5.97 Å². The zero-order chi connectivity index (χ0) is 12.7. The third kappa shape index (κ3) is 4.86. The third-order valence-electron chi connectivity index (χ3n) is 3.21. The highest BCUT2D eigenvalue weighted by Crippen LogP contribution is 2.17. The molecule has 1 N–H and O–H groups in total. The van der Waals surface area contributed by atoms with Crippen molar-refractivity contribution < 1.29 is 9.53 Å². The fourth-order valence-corrected chi connectivity index (χ4v) is 2.19. The first kappa shape index (κ1) is 14.2. The first-order valence-electron chi connectivity index (χ1n) is 6.59. The standard InChI is InChI=1S/C13H24N2O2/c1-4-12(15-9-13(16)17-5-2)11-7-6-10(3)14-8-11/h10-11,14H,4-9H2,1-3H3. The highest BCUT2D eigenvalue weighted by atomic mass is 16.5. The Kier molecular flexibility index (Phi) is 6.19. The van der Waals surface area contributed by atoms with Crippen molar-refractivity contribution in [3.63, 3.8) is 0 Å². The van der Waals surface area contributed by atoms with Crippen LogP contribution in [0.5, 0.6) is 0 Å². The van der Waals surface area contributed by atoms with Crippen LogP contribution in [0.3, 0.4) is 0 Å². The molecule has 2 unspecified atom stereocenters. The van der Waals surface area contributed by atoms with Crippen LogP contribution in [-0.4, -0.2) is 37.4 Å². The lowest BCUT2D eigenvalue weighted by atomic mass is 9.90. The fourth-order valence-electron chi connectivity index (χ4n) is 2.19. The smallest absolute Gasteiger partial charge is 0.327 e. The van der Waals surface area contributed by atoms with Crippen molar-refractivity contribution >= 4 is 11.7 Å². The Bertz CT molecular complexity index is 269. The second-order valence-corrected chi connectivity index (χ2v) is 4.55. The van der Waals surface area contributed by atoms with Gasteiger partial charge in [-0.2, -0.15) is 0 Å². The van der Waals surface area contributed by atoms with Crippen LogP contribution >= 0.6 is 0 Å². The average molecular weight is 240 g/mol. The summed E-state index contributed by atoms with van der Waals surface area (Å²) in [6.45, 7) is 7.70. The zero-order valence-electron chi connectivity index (χ0n) is 11.2. The Labute approximate surface area is 104 Å². The van der Waals surface area contributed by atoms with Crippen molar-refractivity contribution in [3.8, 4) is 0 Å². The molecule has 0 aliphatic carbocycles. The predicted octanol–water partition coefficient (Wildman–Crippen LogP) is 1.79. The number of nitrogens with one attached hydrogen (secondary N) is 1. The number of aliphatic imine (C=N–C) groups is 1. The maximum atomic E-state index is 11.3. The van der Waals surface area contributed by atoms with Crippen LogP contribution in [-0.2, 0) is 9.53 Å². The molecule has 1 fully saturated rings. The van der Waals surface area contributed by atoms with E-state index in [0.717, 1.165) is 18.7 Å². The minimum Gasteiger partial charge on any atom is -0.465 e. The van der Waals surface area contributed by atoms with E-state index < -0.39 is 0 Å². The van der Waals surface area contributed by atoms with Crippen LogP contribution in [0.4, 0.5) is 0 Å². The van der Waals surface area contributed by atoms with Gasteiger partial charge < -0.3 is 10.1 Å². The molecule has 1 saturated heterocycles. The molecule has 0 aromatic carbocycles. The molecule has 0 spiro atoms. The van der Waals surface area contributed by atoms with Crippen molar-refractivity contribution in [2.75, 3.05) is 19.7 Å². The van der Waals surface area contributed by atoms with Gasteiger partial charge in [-0.1, -0.05) is 6.92 Å². The van der Waals surface area contributed by atoms with Crippen molar-refractivity contribution in [1.82, 2.24) is 5.32 Å². The number of nitrogens with zero attached hydrogens (tertiary/aromatic N) is 1. The Balaban J connectivity index is 2.46. The molecule has 4 heteroatoms. The van der Waals surface area contributed by atoms with E-state index in [1.807, 2.05) is 6.92 Å². The highest BCUT2D eigenvalue weighted by Gasteiger charge is 2.21. The van der Waals surface area contributed by atoms with Crippen LogP contribution in [0, 0.1) is 5.92 Å². The van der Waals surface area contributed by atoms with Gasteiger partial charge in [0, 0.05) is 24.2 Å². The summed E-state index contributed by atoms with van der Waals surface area (Å²) < 4.78 is 4.88. The molecule has 1 aliphatic rings. The Morgan fingerprint density at radius 3 is 2.71 bits per heavy atom. The molecule has 0 saturated carbocycles. The summed E-state index contributed by atoms with van der Waals surface area (Å²) in [7, 11) is 0. The molecule has 17 heavy (non-hydrogen) atoms. The average Bonchev–Trinajstić information content (AvgIpc) is 2.32. The molecule has 4 nitrogen and oxygen atoms in total. The minimum atomic E-state index is -0.226. The number of rotatable bonds is 5. The van der Waals surface area contributed by atoms with E-state index in [-0.39, 0.29) is 12.5 Å². The number of carbonyl (C=O) groups is 1. The van der Waals surface area contributed by atoms with Crippen molar-refractivity contribution in [3.05, 3.63) is 0 Å². The number of esters is 1. The van der Waals surface area contributed by atoms with Crippen LogP contribution in [0.15, 0.2) is 4.99 Å². The van der Waals surface area contributed by atoms with Crippen LogP contribution < -0.4 is 5.32 Å². The molecule has 1 heterocycles. The van der Waals surface area contributed by atoms with E-state index in [1.165, 1.54) is 12.8 Å². The molecular weight excluding hydrogens is 216 g/mol. The fraction of sp³-hybridized carbons (Fsp3) is 0.846. The summed E-state index contributed by atoms with van der Waals surface area (Å²) in [6, 6.07) is 0.606. The summed E-state index contributed by atoms with van der Waals surface area (Å²) in [5.74, 6) is 0.265. The Hall–Kier alpha value is -0.900. The van der Waals surface area contributed by atoms with Gasteiger partial charge in [0.25, 0.3) is 0 Å². The van der Waals surface area contributed by atoms with Gasteiger partial charge in [0.1, 0.15) is 6.54 Å². The van der Waals surface area contributed by atoms with Crippen molar-refractivity contribution in [1.29, 1.82) is 0 Å². The molecule has 0 aromatic rings. The SMILES string of the molecule is CCOC(=O)CN=C(CC)C1CCC(C)NC1. The van der Waals surface area contributed by atoms with E-state index in [1.54, 1.807) is 0 Å². The zero-order valence-corrected chi connectivity index (χ0v) is 11.2. The molecule has 2 atom stereocenters. The molecule has 0 amide bonds. The van der Waals surface area contributed by atoms with Crippen LogP contribution in [0.1, 0.15) is 40.0 Å². The van der Waals surface area contributed by atoms with Crippen LogP contribution in [0.2, 0.25) is 0 Å². The van der Waals surface area contributed by atoms with Gasteiger partial charge in [-0.3, -0.25) is 9.79 Å². The normalized spacial score (nSPS) is 25.7. The van der Waals surface area contributed by atoms with Crippen molar-refractivity contribution in [2.24, 2.45) is 10.9 Å². The largest absolute Gasteiger partial charge is 0.465 e. The first-order chi connectivity index (χ1) is 8.17.